The molecule has 7 heteroatoms. The van der Waals surface area contributed by atoms with E-state index in [4.69, 9.17) is 0 Å². The van der Waals surface area contributed by atoms with Gasteiger partial charge in [0.25, 0.3) is 0 Å². The zero-order valence-corrected chi connectivity index (χ0v) is 11.7. The Labute approximate surface area is 124 Å². The molecule has 4 N–H and O–H groups in total. The summed E-state index contributed by atoms with van der Waals surface area (Å²) in [5.41, 5.74) is 1.04. The molecule has 2 rings (SSSR count). The zero-order chi connectivity index (χ0) is 12.3. The summed E-state index contributed by atoms with van der Waals surface area (Å²) in [5, 5.41) is 31.7. The smallest absolute Gasteiger partial charge is 0.111 e. The Morgan fingerprint density at radius 3 is 2.26 bits per heavy atom. The van der Waals surface area contributed by atoms with Gasteiger partial charge in [0.15, 0.2) is 0 Å². The predicted molar refractivity (Wildman–Crippen MR) is 76.5 cm³/mol. The molecule has 108 valence electrons. The number of halogens is 2. The maximum Gasteiger partial charge on any atom is 0.111 e. The number of aliphatic hydroxyl groups excluding tert-OH is 3. The van der Waals surface area contributed by atoms with E-state index >= 15 is 0 Å². The van der Waals surface area contributed by atoms with Gasteiger partial charge in [0.05, 0.1) is 6.04 Å². The second-order valence-corrected chi connectivity index (χ2v) is 4.12. The molecule has 0 spiro atoms. The summed E-state index contributed by atoms with van der Waals surface area (Å²) in [4.78, 5) is 3.91. The number of aromatic nitrogens is 1. The first-order valence-electron chi connectivity index (χ1n) is 5.53. The van der Waals surface area contributed by atoms with Crippen LogP contribution in [-0.2, 0) is 6.54 Å². The monoisotopic (exact) mass is 308 g/mol. The molecular formula is C12H18Cl2N2O3. The summed E-state index contributed by atoms with van der Waals surface area (Å²) in [7, 11) is 0. The number of hydrogen-bond donors (Lipinski definition) is 4. The van der Waals surface area contributed by atoms with Gasteiger partial charge in [-0.1, -0.05) is 12.2 Å². The summed E-state index contributed by atoms with van der Waals surface area (Å²) in [6.45, 7) is 0.567. The minimum atomic E-state index is -1.14. The van der Waals surface area contributed by atoms with Crippen molar-refractivity contribution in [2.24, 2.45) is 0 Å². The Balaban J connectivity index is 0.00000162. The van der Waals surface area contributed by atoms with E-state index in [1.165, 1.54) is 6.08 Å². The molecule has 0 bridgehead atoms. The first kappa shape index (κ1) is 18.3. The molecular weight excluding hydrogens is 291 g/mol. The Bertz CT molecular complexity index is 392. The van der Waals surface area contributed by atoms with Crippen LogP contribution >= 0.6 is 24.8 Å². The molecule has 0 saturated heterocycles. The molecule has 0 unspecified atom stereocenters. The number of nitrogens with one attached hydrogen (secondary N) is 1. The highest BCUT2D eigenvalue weighted by molar-refractivity contribution is 5.85. The largest absolute Gasteiger partial charge is 0.388 e. The lowest BCUT2D eigenvalue weighted by Gasteiger charge is -2.31. The molecule has 0 radical (unpaired) electrons. The Morgan fingerprint density at radius 2 is 1.63 bits per heavy atom. The average molecular weight is 309 g/mol. The van der Waals surface area contributed by atoms with Crippen molar-refractivity contribution in [1.29, 1.82) is 0 Å². The highest BCUT2D eigenvalue weighted by atomic mass is 35.5. The van der Waals surface area contributed by atoms with Crippen molar-refractivity contribution in [2.75, 3.05) is 0 Å². The van der Waals surface area contributed by atoms with Crippen LogP contribution < -0.4 is 5.32 Å². The van der Waals surface area contributed by atoms with Crippen LogP contribution in [0.3, 0.4) is 0 Å². The van der Waals surface area contributed by atoms with E-state index in [0.29, 0.717) is 6.54 Å². The van der Waals surface area contributed by atoms with Crippen molar-refractivity contribution in [3.8, 4) is 0 Å². The van der Waals surface area contributed by atoms with Crippen molar-refractivity contribution in [3.63, 3.8) is 0 Å². The lowest BCUT2D eigenvalue weighted by atomic mass is 9.94. The Kier molecular flexibility index (Phi) is 8.17. The molecule has 0 fully saturated rings. The predicted octanol–water partition coefficient (Wildman–Crippen LogP) is 0.0359. The Morgan fingerprint density at radius 1 is 1.00 bits per heavy atom. The van der Waals surface area contributed by atoms with E-state index in [1.807, 2.05) is 12.1 Å². The van der Waals surface area contributed by atoms with Gasteiger partial charge in [-0.05, 0) is 17.7 Å². The number of aliphatic hydroxyl groups is 3. The third-order valence-corrected chi connectivity index (χ3v) is 2.87. The van der Waals surface area contributed by atoms with E-state index in [-0.39, 0.29) is 30.9 Å². The molecule has 1 aliphatic carbocycles. The van der Waals surface area contributed by atoms with E-state index in [9.17, 15) is 15.3 Å². The fourth-order valence-electron chi connectivity index (χ4n) is 1.80. The van der Waals surface area contributed by atoms with Gasteiger partial charge in [0.2, 0.25) is 0 Å². The van der Waals surface area contributed by atoms with Gasteiger partial charge >= 0.3 is 0 Å². The second-order valence-electron chi connectivity index (χ2n) is 4.12. The molecule has 1 aliphatic rings. The lowest BCUT2D eigenvalue weighted by Crippen LogP contribution is -2.51. The van der Waals surface area contributed by atoms with Crippen LogP contribution in [0.25, 0.3) is 0 Å². The maximum absolute atomic E-state index is 9.75. The third-order valence-electron chi connectivity index (χ3n) is 2.87. The summed E-state index contributed by atoms with van der Waals surface area (Å²) in [5.74, 6) is 0. The van der Waals surface area contributed by atoms with Gasteiger partial charge in [-0.2, -0.15) is 0 Å². The molecule has 5 nitrogen and oxygen atoms in total. The van der Waals surface area contributed by atoms with Crippen molar-refractivity contribution in [3.05, 3.63) is 42.2 Å². The van der Waals surface area contributed by atoms with Crippen LogP contribution in [0, 0.1) is 0 Å². The van der Waals surface area contributed by atoms with Gasteiger partial charge in [0.1, 0.15) is 18.3 Å². The second kappa shape index (κ2) is 8.47. The minimum absolute atomic E-state index is 0. The van der Waals surface area contributed by atoms with Crippen molar-refractivity contribution >= 4 is 24.8 Å². The standard InChI is InChI=1S/C12H16N2O3.2ClH/c15-10-2-1-9(11(16)12(10)17)14-7-8-3-5-13-6-4-8;;/h1-6,9-12,14-17H,7H2;2*1H/t9-,10+,11+,12+;;/m0../s1. The third kappa shape index (κ3) is 4.72. The molecule has 1 aromatic rings. The molecule has 0 amide bonds. The topological polar surface area (TPSA) is 85.6 Å². The van der Waals surface area contributed by atoms with Crippen LogP contribution in [-0.4, -0.2) is 44.7 Å². The lowest BCUT2D eigenvalue weighted by molar-refractivity contribution is -0.0567. The highest BCUT2D eigenvalue weighted by Crippen LogP contribution is 2.14. The SMILES string of the molecule is Cl.Cl.O[C@H]1[C@H](O)[C@@H](NCc2ccncc2)C=C[C@H]1O. The van der Waals surface area contributed by atoms with E-state index in [1.54, 1.807) is 18.5 Å². The summed E-state index contributed by atoms with van der Waals surface area (Å²) < 4.78 is 0. The van der Waals surface area contributed by atoms with Crippen molar-refractivity contribution < 1.29 is 15.3 Å². The van der Waals surface area contributed by atoms with Crippen molar-refractivity contribution in [2.45, 2.75) is 30.9 Å². The van der Waals surface area contributed by atoms with Gasteiger partial charge < -0.3 is 20.6 Å². The van der Waals surface area contributed by atoms with Gasteiger partial charge in [-0.15, -0.1) is 24.8 Å². The molecule has 0 saturated carbocycles. The summed E-state index contributed by atoms with van der Waals surface area (Å²) in [6, 6.07) is 3.38. The molecule has 0 aliphatic heterocycles. The quantitative estimate of drug-likeness (QED) is 0.592. The molecule has 4 atom stereocenters. The van der Waals surface area contributed by atoms with Crippen LogP contribution in [0.15, 0.2) is 36.7 Å². The Hall–Kier alpha value is -0.690. The average Bonchev–Trinajstić information content (AvgIpc) is 2.36. The highest BCUT2D eigenvalue weighted by Gasteiger charge is 2.32. The first-order chi connectivity index (χ1) is 8.18. The molecule has 1 aromatic heterocycles. The summed E-state index contributed by atoms with van der Waals surface area (Å²) in [6.07, 6.45) is 3.41. The number of nitrogens with zero attached hydrogens (tertiary/aromatic N) is 1. The van der Waals surface area contributed by atoms with E-state index in [0.717, 1.165) is 5.56 Å². The number of rotatable bonds is 3. The number of hydrogen-bond acceptors (Lipinski definition) is 5. The van der Waals surface area contributed by atoms with Crippen molar-refractivity contribution in [1.82, 2.24) is 10.3 Å². The van der Waals surface area contributed by atoms with Gasteiger partial charge in [0, 0.05) is 18.9 Å². The van der Waals surface area contributed by atoms with E-state index < -0.39 is 18.3 Å². The van der Waals surface area contributed by atoms with Crippen LogP contribution in [0.2, 0.25) is 0 Å². The molecule has 0 aromatic carbocycles. The van der Waals surface area contributed by atoms with E-state index in [2.05, 4.69) is 10.3 Å². The minimum Gasteiger partial charge on any atom is -0.388 e. The van der Waals surface area contributed by atoms with Crippen LogP contribution in [0.1, 0.15) is 5.56 Å². The number of pyridine rings is 1. The summed E-state index contributed by atoms with van der Waals surface area (Å²) >= 11 is 0. The first-order valence-corrected chi connectivity index (χ1v) is 5.53. The van der Waals surface area contributed by atoms with Crippen LogP contribution in [0.5, 0.6) is 0 Å². The van der Waals surface area contributed by atoms with Gasteiger partial charge in [-0.3, -0.25) is 4.98 Å². The van der Waals surface area contributed by atoms with Crippen LogP contribution in [0.4, 0.5) is 0 Å². The maximum atomic E-state index is 9.75. The fourth-order valence-corrected chi connectivity index (χ4v) is 1.80. The normalized spacial score (nSPS) is 29.2. The zero-order valence-electron chi connectivity index (χ0n) is 10.1. The van der Waals surface area contributed by atoms with Gasteiger partial charge in [-0.25, -0.2) is 0 Å². The fraction of sp³-hybridized carbons (Fsp3) is 0.417. The molecule has 1 heterocycles. The molecule has 19 heavy (non-hydrogen) atoms.